The first-order valence-corrected chi connectivity index (χ1v) is 12.0. The van der Waals surface area contributed by atoms with Crippen molar-refractivity contribution in [3.05, 3.63) is 81.7 Å². The van der Waals surface area contributed by atoms with Gasteiger partial charge in [0.2, 0.25) is 0 Å². The fourth-order valence-electron chi connectivity index (χ4n) is 1.41. The van der Waals surface area contributed by atoms with Crippen LogP contribution < -0.4 is 0 Å². The molecular weight excluding hydrogens is 350 g/mol. The van der Waals surface area contributed by atoms with E-state index < -0.39 is 0 Å². The number of benzene rings is 2. The third-order valence-electron chi connectivity index (χ3n) is 2.29. The maximum atomic E-state index is 2.32. The molecule has 90 valence electrons. The van der Waals surface area contributed by atoms with Crippen LogP contribution in [0.15, 0.2) is 70.6 Å². The van der Waals surface area contributed by atoms with Crippen molar-refractivity contribution in [2.24, 2.45) is 0 Å². The van der Waals surface area contributed by atoms with Crippen LogP contribution >= 0.6 is 0 Å². The average molecular weight is 364 g/mol. The molecule has 0 aromatic heterocycles. The van der Waals surface area contributed by atoms with Crippen LogP contribution in [0, 0.1) is 0 Å². The quantitative estimate of drug-likeness (QED) is 0.561. The van der Waals surface area contributed by atoms with Crippen LogP contribution in [0.5, 0.6) is 0 Å². The van der Waals surface area contributed by atoms with E-state index in [-0.39, 0.29) is 0 Å². The molecule has 0 saturated heterocycles. The Balaban J connectivity index is 1.73. The van der Waals surface area contributed by atoms with Crippen LogP contribution in [0.25, 0.3) is 12.2 Å². The van der Waals surface area contributed by atoms with Gasteiger partial charge < -0.3 is 0 Å². The van der Waals surface area contributed by atoms with E-state index in [0.717, 1.165) is 0 Å². The zero-order chi connectivity index (χ0) is 12.5. The van der Waals surface area contributed by atoms with Crippen LogP contribution in [0.4, 0.5) is 0 Å². The number of hydrogen-bond donors (Lipinski definition) is 0. The molecule has 0 aliphatic carbocycles. The van der Waals surface area contributed by atoms with Gasteiger partial charge in [0.25, 0.3) is 0 Å². The van der Waals surface area contributed by atoms with E-state index in [9.17, 15) is 0 Å². The molecule has 0 aliphatic rings. The van der Waals surface area contributed by atoms with Gasteiger partial charge in [-0.15, -0.1) is 0 Å². The van der Waals surface area contributed by atoms with Crippen LogP contribution in [0.3, 0.4) is 0 Å². The Kier molecular flexibility index (Phi) is 6.05. The van der Waals surface area contributed by atoms with Crippen LogP contribution in [-0.2, 0) is 0 Å². The second-order valence-electron chi connectivity index (χ2n) is 3.62. The van der Waals surface area contributed by atoms with Crippen molar-refractivity contribution >= 4 is 38.4 Å². The molecule has 0 atom stereocenters. The van der Waals surface area contributed by atoms with Crippen LogP contribution in [-0.4, -0.2) is 26.3 Å². The summed E-state index contributed by atoms with van der Waals surface area (Å²) in [5.41, 5.74) is 2.59. The molecule has 0 unspecified atom stereocenters. The molecule has 2 heteroatoms. The van der Waals surface area contributed by atoms with Crippen LogP contribution in [0.1, 0.15) is 11.1 Å². The normalized spacial score (nSPS) is 11.3. The monoisotopic (exact) mass is 366 g/mol. The van der Waals surface area contributed by atoms with E-state index >= 15 is 0 Å². The maximum absolute atomic E-state index is 2.32. The third-order valence-corrected chi connectivity index (χ3v) is 7.19. The molecule has 2 aromatic rings. The Bertz CT molecular complexity index is 452. The van der Waals surface area contributed by atoms with Crippen molar-refractivity contribution in [2.45, 2.75) is 0 Å². The fourth-order valence-corrected chi connectivity index (χ4v) is 5.18. The van der Waals surface area contributed by atoms with Gasteiger partial charge in [-0.2, -0.15) is 0 Å². The van der Waals surface area contributed by atoms with Gasteiger partial charge in [0, 0.05) is 0 Å². The number of rotatable bonds is 5. The third kappa shape index (κ3) is 5.08. The van der Waals surface area contributed by atoms with E-state index in [1.807, 2.05) is 0 Å². The first-order valence-electron chi connectivity index (χ1n) is 5.70. The Morgan fingerprint density at radius 1 is 0.556 bits per heavy atom. The molecule has 0 bridgehead atoms. The Morgan fingerprint density at radius 2 is 0.944 bits per heavy atom. The Labute approximate surface area is 120 Å². The van der Waals surface area contributed by atoms with E-state index in [2.05, 4.69) is 82.8 Å². The summed E-state index contributed by atoms with van der Waals surface area (Å²) in [5.74, 6) is 0. The summed E-state index contributed by atoms with van der Waals surface area (Å²) in [6.45, 7) is 0. The van der Waals surface area contributed by atoms with Gasteiger partial charge in [-0.25, -0.2) is 0 Å². The molecule has 0 fully saturated rings. The predicted molar refractivity (Wildman–Crippen MR) is 82.5 cm³/mol. The molecule has 0 saturated carbocycles. The van der Waals surface area contributed by atoms with E-state index in [1.165, 1.54) is 11.1 Å². The molecule has 0 amide bonds. The van der Waals surface area contributed by atoms with Gasteiger partial charge in [0.15, 0.2) is 0 Å². The van der Waals surface area contributed by atoms with E-state index in [1.54, 1.807) is 0 Å². The molecule has 0 heterocycles. The van der Waals surface area contributed by atoms with Crippen molar-refractivity contribution in [1.29, 1.82) is 0 Å². The van der Waals surface area contributed by atoms with Gasteiger partial charge in [0.1, 0.15) is 0 Å². The number of hydrogen-bond acceptors (Lipinski definition) is 0. The summed E-state index contributed by atoms with van der Waals surface area (Å²) in [4.78, 5) is 4.63. The second kappa shape index (κ2) is 8.13. The predicted octanol–water partition coefficient (Wildman–Crippen LogP) is 3.65. The average Bonchev–Trinajstić information content (AvgIpc) is 2.45. The van der Waals surface area contributed by atoms with Crippen molar-refractivity contribution in [3.63, 3.8) is 0 Å². The summed E-state index contributed by atoms with van der Waals surface area (Å²) < 4.78 is 0. The summed E-state index contributed by atoms with van der Waals surface area (Å²) >= 11 is 1.21. The van der Waals surface area contributed by atoms with E-state index in [4.69, 9.17) is 0 Å². The van der Waals surface area contributed by atoms with Gasteiger partial charge >= 0.3 is 120 Å². The topological polar surface area (TPSA) is 0 Å². The molecule has 0 spiro atoms. The van der Waals surface area contributed by atoms with Crippen molar-refractivity contribution < 1.29 is 0 Å². The van der Waals surface area contributed by atoms with Gasteiger partial charge in [0.05, 0.1) is 0 Å². The molecule has 0 aliphatic heterocycles. The first kappa shape index (κ1) is 13.4. The van der Waals surface area contributed by atoms with Gasteiger partial charge in [-0.1, -0.05) is 0 Å². The van der Waals surface area contributed by atoms with Gasteiger partial charge in [-0.3, -0.25) is 0 Å². The summed E-state index contributed by atoms with van der Waals surface area (Å²) in [6, 6.07) is 21.0. The summed E-state index contributed by atoms with van der Waals surface area (Å²) in [7, 11) is 0. The molecular formula is C16H14Se2. The Morgan fingerprint density at radius 3 is 1.33 bits per heavy atom. The minimum absolute atomic E-state index is 0.605. The molecule has 18 heavy (non-hydrogen) atoms. The van der Waals surface area contributed by atoms with E-state index in [0.29, 0.717) is 26.3 Å². The van der Waals surface area contributed by atoms with Crippen molar-refractivity contribution in [3.8, 4) is 0 Å². The molecule has 0 N–H and O–H groups in total. The first-order chi connectivity index (χ1) is 8.95. The van der Waals surface area contributed by atoms with Crippen LogP contribution in [0.2, 0.25) is 0 Å². The molecule has 2 rings (SSSR count). The zero-order valence-electron chi connectivity index (χ0n) is 9.90. The van der Waals surface area contributed by atoms with Gasteiger partial charge in [-0.05, 0) is 0 Å². The standard InChI is InChI=1S/C16H14Se2/c1-3-7-15(8-4-1)11-13-17-18-14-12-16-9-5-2-6-10-16/h1-14H/b13-11-,14-12-. The molecule has 0 nitrogen and oxygen atoms in total. The zero-order valence-corrected chi connectivity index (χ0v) is 13.3. The van der Waals surface area contributed by atoms with Crippen molar-refractivity contribution in [1.82, 2.24) is 0 Å². The molecule has 0 radical (unpaired) electrons. The summed E-state index contributed by atoms with van der Waals surface area (Å²) in [6.07, 6.45) is 4.44. The SMILES string of the molecule is C(=C/c1ccccc1)/[Se][Se]/C=C\c1ccccc1. The van der Waals surface area contributed by atoms with Crippen molar-refractivity contribution in [2.75, 3.05) is 0 Å². The second-order valence-corrected chi connectivity index (χ2v) is 9.77. The fraction of sp³-hybridized carbons (Fsp3) is 0. The summed E-state index contributed by atoms with van der Waals surface area (Å²) in [5, 5.41) is 0. The molecule has 2 aromatic carbocycles. The Hall–Kier alpha value is -1.04. The minimum atomic E-state index is 0.605.